The van der Waals surface area contributed by atoms with Gasteiger partial charge in [0.1, 0.15) is 5.75 Å². The molecule has 20 heavy (non-hydrogen) atoms. The van der Waals surface area contributed by atoms with Gasteiger partial charge in [-0.25, -0.2) is 0 Å². The first kappa shape index (κ1) is 13.6. The fourth-order valence-corrected chi connectivity index (χ4v) is 1.63. The van der Waals surface area contributed by atoms with Crippen LogP contribution in [0.2, 0.25) is 0 Å². The number of carbonyl (C=O) groups excluding carboxylic acids is 1. The molecule has 0 aromatic heterocycles. The van der Waals surface area contributed by atoms with Gasteiger partial charge < -0.3 is 10.1 Å². The van der Waals surface area contributed by atoms with Crippen molar-refractivity contribution in [2.45, 2.75) is 13.0 Å². The number of nitrogens with one attached hydrogen (secondary N) is 1. The van der Waals surface area contributed by atoms with Gasteiger partial charge in [-0.2, -0.15) is 5.26 Å². The maximum atomic E-state index is 12.0. The van der Waals surface area contributed by atoms with E-state index in [-0.39, 0.29) is 5.91 Å². The number of nitriles is 1. The largest absolute Gasteiger partial charge is 0.481 e. The minimum absolute atomic E-state index is 0.222. The lowest BCUT2D eigenvalue weighted by molar-refractivity contribution is -0.122. The van der Waals surface area contributed by atoms with Crippen LogP contribution in [0.3, 0.4) is 0 Å². The predicted octanol–water partition coefficient (Wildman–Crippen LogP) is 2.96. The minimum Gasteiger partial charge on any atom is -0.481 e. The van der Waals surface area contributed by atoms with Crippen LogP contribution in [0.15, 0.2) is 54.6 Å². The van der Waals surface area contributed by atoms with Crippen LogP contribution in [0.25, 0.3) is 0 Å². The molecule has 0 aliphatic heterocycles. The number of benzene rings is 2. The molecule has 4 nitrogen and oxygen atoms in total. The Morgan fingerprint density at radius 1 is 1.15 bits per heavy atom. The third kappa shape index (κ3) is 3.59. The van der Waals surface area contributed by atoms with Gasteiger partial charge in [0.15, 0.2) is 6.10 Å². The summed E-state index contributed by atoms with van der Waals surface area (Å²) in [6.07, 6.45) is -0.622. The summed E-state index contributed by atoms with van der Waals surface area (Å²) in [6.45, 7) is 1.68. The molecule has 0 aliphatic carbocycles. The van der Waals surface area contributed by atoms with Crippen LogP contribution in [-0.2, 0) is 4.79 Å². The first-order chi connectivity index (χ1) is 9.69. The van der Waals surface area contributed by atoms with Crippen LogP contribution >= 0.6 is 0 Å². The fraction of sp³-hybridized carbons (Fsp3) is 0.125. The van der Waals surface area contributed by atoms with Crippen molar-refractivity contribution in [3.63, 3.8) is 0 Å². The van der Waals surface area contributed by atoms with Crippen molar-refractivity contribution in [1.29, 1.82) is 5.26 Å². The molecule has 2 rings (SSSR count). The highest BCUT2D eigenvalue weighted by Crippen LogP contribution is 2.14. The second-order valence-corrected chi connectivity index (χ2v) is 4.25. The quantitative estimate of drug-likeness (QED) is 0.925. The molecular weight excluding hydrogens is 252 g/mol. The van der Waals surface area contributed by atoms with Crippen LogP contribution in [-0.4, -0.2) is 12.0 Å². The average molecular weight is 266 g/mol. The Bertz CT molecular complexity index is 615. The summed E-state index contributed by atoms with van der Waals surface area (Å²) in [5.74, 6) is 0.334. The summed E-state index contributed by atoms with van der Waals surface area (Å²) in [6, 6.07) is 17.9. The monoisotopic (exact) mass is 266 g/mol. The Labute approximate surface area is 117 Å². The molecule has 1 N–H and O–H groups in total. The average Bonchev–Trinajstić information content (AvgIpc) is 2.49. The number of carbonyl (C=O) groups is 1. The van der Waals surface area contributed by atoms with Gasteiger partial charge in [-0.15, -0.1) is 0 Å². The van der Waals surface area contributed by atoms with E-state index in [1.165, 1.54) is 0 Å². The third-order valence-electron chi connectivity index (χ3n) is 2.71. The summed E-state index contributed by atoms with van der Waals surface area (Å²) in [7, 11) is 0. The zero-order valence-corrected chi connectivity index (χ0v) is 11.0. The van der Waals surface area contributed by atoms with Crippen molar-refractivity contribution in [2.75, 3.05) is 5.32 Å². The van der Waals surface area contributed by atoms with Crippen LogP contribution < -0.4 is 10.1 Å². The molecule has 1 atom stereocenters. The molecule has 0 unspecified atom stereocenters. The topological polar surface area (TPSA) is 62.1 Å². The molecule has 0 aliphatic rings. The highest BCUT2D eigenvalue weighted by Gasteiger charge is 2.14. The van der Waals surface area contributed by atoms with Crippen molar-refractivity contribution >= 4 is 11.6 Å². The molecular formula is C16H14N2O2. The smallest absolute Gasteiger partial charge is 0.265 e. The number of ether oxygens (including phenoxy) is 1. The Balaban J connectivity index is 1.95. The van der Waals surface area contributed by atoms with E-state index in [1.807, 2.05) is 36.4 Å². The molecule has 100 valence electrons. The van der Waals surface area contributed by atoms with E-state index in [2.05, 4.69) is 5.32 Å². The van der Waals surface area contributed by atoms with E-state index in [1.54, 1.807) is 31.2 Å². The Morgan fingerprint density at radius 2 is 1.80 bits per heavy atom. The lowest BCUT2D eigenvalue weighted by atomic mass is 10.2. The Morgan fingerprint density at radius 3 is 2.40 bits per heavy atom. The van der Waals surface area contributed by atoms with E-state index in [0.717, 1.165) is 5.69 Å². The summed E-state index contributed by atoms with van der Waals surface area (Å²) in [5, 5.41) is 11.5. The summed E-state index contributed by atoms with van der Waals surface area (Å²) in [4.78, 5) is 12.0. The normalized spacial score (nSPS) is 11.2. The van der Waals surface area contributed by atoms with E-state index >= 15 is 0 Å². The number of hydrogen-bond donors (Lipinski definition) is 1. The Kier molecular flexibility index (Phi) is 4.35. The fourth-order valence-electron chi connectivity index (χ4n) is 1.63. The van der Waals surface area contributed by atoms with E-state index < -0.39 is 6.10 Å². The molecule has 4 heteroatoms. The van der Waals surface area contributed by atoms with E-state index in [0.29, 0.717) is 11.3 Å². The summed E-state index contributed by atoms with van der Waals surface area (Å²) >= 11 is 0. The lowest BCUT2D eigenvalue weighted by Crippen LogP contribution is -2.30. The van der Waals surface area contributed by atoms with Crippen LogP contribution in [0.4, 0.5) is 5.69 Å². The zero-order chi connectivity index (χ0) is 14.4. The molecule has 0 heterocycles. The van der Waals surface area contributed by atoms with Gasteiger partial charge in [-0.1, -0.05) is 18.2 Å². The number of para-hydroxylation sites is 1. The summed E-state index contributed by atoms with van der Waals surface area (Å²) in [5.41, 5.74) is 1.28. The van der Waals surface area contributed by atoms with Gasteiger partial charge in [0.2, 0.25) is 0 Å². The molecule has 0 bridgehead atoms. The van der Waals surface area contributed by atoms with Gasteiger partial charge in [-0.3, -0.25) is 4.79 Å². The molecule has 0 radical (unpaired) electrons. The molecule has 2 aromatic carbocycles. The number of amides is 1. The van der Waals surface area contributed by atoms with Crippen molar-refractivity contribution in [3.05, 3.63) is 60.2 Å². The van der Waals surface area contributed by atoms with Gasteiger partial charge >= 0.3 is 0 Å². The van der Waals surface area contributed by atoms with Crippen molar-refractivity contribution < 1.29 is 9.53 Å². The molecule has 2 aromatic rings. The maximum absolute atomic E-state index is 12.0. The second-order valence-electron chi connectivity index (χ2n) is 4.25. The third-order valence-corrected chi connectivity index (χ3v) is 2.71. The van der Waals surface area contributed by atoms with Crippen LogP contribution in [0, 0.1) is 11.3 Å². The van der Waals surface area contributed by atoms with E-state index in [4.69, 9.17) is 10.00 Å². The highest BCUT2D eigenvalue weighted by atomic mass is 16.5. The number of rotatable bonds is 4. The lowest BCUT2D eigenvalue weighted by Gasteiger charge is -2.14. The SMILES string of the molecule is C[C@@H](Oc1ccc(C#N)cc1)C(=O)Nc1ccccc1. The number of anilines is 1. The number of nitrogens with zero attached hydrogens (tertiary/aromatic N) is 1. The highest BCUT2D eigenvalue weighted by molar-refractivity contribution is 5.94. The van der Waals surface area contributed by atoms with Crippen molar-refractivity contribution in [2.24, 2.45) is 0 Å². The molecule has 0 saturated heterocycles. The van der Waals surface area contributed by atoms with Crippen LogP contribution in [0.5, 0.6) is 5.75 Å². The number of hydrogen-bond acceptors (Lipinski definition) is 3. The zero-order valence-electron chi connectivity index (χ0n) is 11.0. The maximum Gasteiger partial charge on any atom is 0.265 e. The first-order valence-corrected chi connectivity index (χ1v) is 6.22. The first-order valence-electron chi connectivity index (χ1n) is 6.22. The van der Waals surface area contributed by atoms with Gasteiger partial charge in [-0.05, 0) is 43.3 Å². The molecule has 0 saturated carbocycles. The predicted molar refractivity (Wildman–Crippen MR) is 76.3 cm³/mol. The molecule has 0 fully saturated rings. The molecule has 0 spiro atoms. The minimum atomic E-state index is -0.622. The standard InChI is InChI=1S/C16H14N2O2/c1-12(16(19)18-14-5-3-2-4-6-14)20-15-9-7-13(11-17)8-10-15/h2-10,12H,1H3,(H,18,19)/t12-/m1/s1. The summed E-state index contributed by atoms with van der Waals surface area (Å²) < 4.78 is 5.53. The van der Waals surface area contributed by atoms with Gasteiger partial charge in [0.25, 0.3) is 5.91 Å². The van der Waals surface area contributed by atoms with Crippen LogP contribution in [0.1, 0.15) is 12.5 Å². The van der Waals surface area contributed by atoms with Crippen molar-refractivity contribution in [3.8, 4) is 11.8 Å². The second kappa shape index (κ2) is 6.39. The Hall–Kier alpha value is -2.80. The van der Waals surface area contributed by atoms with E-state index in [9.17, 15) is 4.79 Å². The van der Waals surface area contributed by atoms with Gasteiger partial charge in [0.05, 0.1) is 11.6 Å². The molecule has 1 amide bonds. The van der Waals surface area contributed by atoms with Crippen molar-refractivity contribution in [1.82, 2.24) is 0 Å². The van der Waals surface area contributed by atoms with Gasteiger partial charge in [0, 0.05) is 5.69 Å².